The molecule has 0 fully saturated rings. The van der Waals surface area contributed by atoms with Crippen molar-refractivity contribution in [1.29, 1.82) is 0 Å². The summed E-state index contributed by atoms with van der Waals surface area (Å²) >= 11 is 29.0. The SMILES string of the molecule is ClC(Cl)=CCOc1ccc(Oc2ccc(Cl)cc2Cl)cc1Cl. The van der Waals surface area contributed by atoms with Crippen molar-refractivity contribution in [1.82, 2.24) is 0 Å². The molecule has 0 N–H and O–H groups in total. The van der Waals surface area contributed by atoms with Gasteiger partial charge in [0.1, 0.15) is 28.3 Å². The topological polar surface area (TPSA) is 18.5 Å². The monoisotopic (exact) mass is 396 g/mol. The van der Waals surface area contributed by atoms with Gasteiger partial charge in [0.2, 0.25) is 0 Å². The first-order valence-electron chi connectivity index (χ1n) is 6.02. The Hall–Kier alpha value is -0.770. The lowest BCUT2D eigenvalue weighted by molar-refractivity contribution is 0.362. The Labute approximate surface area is 153 Å². The highest BCUT2D eigenvalue weighted by Crippen LogP contribution is 2.35. The van der Waals surface area contributed by atoms with Crippen LogP contribution in [0.3, 0.4) is 0 Å². The molecule has 2 rings (SSSR count). The van der Waals surface area contributed by atoms with Gasteiger partial charge in [0.15, 0.2) is 0 Å². The molecular formula is C15H9Cl5O2. The fourth-order valence-electron chi connectivity index (χ4n) is 1.54. The van der Waals surface area contributed by atoms with Crippen LogP contribution >= 0.6 is 58.0 Å². The number of halogens is 5. The first-order valence-corrected chi connectivity index (χ1v) is 7.91. The van der Waals surface area contributed by atoms with E-state index in [4.69, 9.17) is 67.5 Å². The zero-order valence-corrected chi connectivity index (χ0v) is 14.7. The average Bonchev–Trinajstić information content (AvgIpc) is 2.44. The molecule has 0 saturated heterocycles. The predicted octanol–water partition coefficient (Wildman–Crippen LogP) is 7.14. The van der Waals surface area contributed by atoms with Crippen LogP contribution in [0.25, 0.3) is 0 Å². The molecule has 0 heterocycles. The highest BCUT2D eigenvalue weighted by Gasteiger charge is 2.07. The first kappa shape index (κ1) is 17.6. The van der Waals surface area contributed by atoms with Gasteiger partial charge in [-0.25, -0.2) is 0 Å². The highest BCUT2D eigenvalue weighted by molar-refractivity contribution is 6.55. The Balaban J connectivity index is 2.10. The summed E-state index contributed by atoms with van der Waals surface area (Å²) in [5.74, 6) is 1.49. The lowest BCUT2D eigenvalue weighted by Gasteiger charge is -2.10. The van der Waals surface area contributed by atoms with Gasteiger partial charge in [-0.3, -0.25) is 0 Å². The summed E-state index contributed by atoms with van der Waals surface area (Å²) in [5.41, 5.74) is 0. The van der Waals surface area contributed by atoms with Crippen molar-refractivity contribution in [3.63, 3.8) is 0 Å². The van der Waals surface area contributed by atoms with Crippen molar-refractivity contribution in [3.8, 4) is 17.2 Å². The predicted molar refractivity (Wildman–Crippen MR) is 93.3 cm³/mol. The molecule has 2 nitrogen and oxygen atoms in total. The van der Waals surface area contributed by atoms with Crippen LogP contribution in [0.4, 0.5) is 0 Å². The second kappa shape index (κ2) is 8.19. The zero-order valence-electron chi connectivity index (χ0n) is 11.0. The summed E-state index contributed by atoms with van der Waals surface area (Å²) in [5, 5.41) is 1.33. The molecule has 0 radical (unpaired) electrons. The Morgan fingerprint density at radius 1 is 0.909 bits per heavy atom. The van der Waals surface area contributed by atoms with E-state index in [0.717, 1.165) is 0 Å². The molecule has 0 aliphatic heterocycles. The molecule has 0 aromatic heterocycles. The molecule has 0 aliphatic rings. The summed E-state index contributed by atoms with van der Waals surface area (Å²) in [7, 11) is 0. The maximum absolute atomic E-state index is 6.13. The lowest BCUT2D eigenvalue weighted by Crippen LogP contribution is -1.94. The van der Waals surface area contributed by atoms with E-state index >= 15 is 0 Å². The van der Waals surface area contributed by atoms with Crippen LogP contribution in [0.5, 0.6) is 17.2 Å². The second-order valence-electron chi connectivity index (χ2n) is 4.07. The fraction of sp³-hybridized carbons (Fsp3) is 0.0667. The maximum Gasteiger partial charge on any atom is 0.146 e. The normalized spacial score (nSPS) is 10.2. The number of benzene rings is 2. The van der Waals surface area contributed by atoms with E-state index in [0.29, 0.717) is 32.3 Å². The van der Waals surface area contributed by atoms with Gasteiger partial charge in [0, 0.05) is 11.1 Å². The van der Waals surface area contributed by atoms with Gasteiger partial charge < -0.3 is 9.47 Å². The Morgan fingerprint density at radius 2 is 1.59 bits per heavy atom. The minimum atomic E-state index is 0.133. The van der Waals surface area contributed by atoms with E-state index in [9.17, 15) is 0 Å². The third-order valence-electron chi connectivity index (χ3n) is 2.50. The van der Waals surface area contributed by atoms with Gasteiger partial charge >= 0.3 is 0 Å². The minimum Gasteiger partial charge on any atom is -0.488 e. The Bertz CT molecular complexity index is 696. The van der Waals surface area contributed by atoms with E-state index in [1.165, 1.54) is 6.08 Å². The maximum atomic E-state index is 6.13. The average molecular weight is 399 g/mol. The Morgan fingerprint density at radius 3 is 2.23 bits per heavy atom. The van der Waals surface area contributed by atoms with Crippen molar-refractivity contribution in [3.05, 3.63) is 62.0 Å². The first-order chi connectivity index (χ1) is 10.5. The Kier molecular flexibility index (Phi) is 6.54. The molecular weight excluding hydrogens is 389 g/mol. The molecule has 0 spiro atoms. The second-order valence-corrected chi connectivity index (χ2v) is 6.33. The largest absolute Gasteiger partial charge is 0.488 e. The van der Waals surface area contributed by atoms with Gasteiger partial charge in [-0.05, 0) is 36.4 Å². The van der Waals surface area contributed by atoms with Gasteiger partial charge in [0.25, 0.3) is 0 Å². The molecule has 22 heavy (non-hydrogen) atoms. The molecule has 0 amide bonds. The fourth-order valence-corrected chi connectivity index (χ4v) is 2.34. The molecule has 0 saturated carbocycles. The summed E-state index contributed by atoms with van der Waals surface area (Å²) in [4.78, 5) is 0. The molecule has 0 bridgehead atoms. The van der Waals surface area contributed by atoms with Crippen LogP contribution in [0.2, 0.25) is 15.1 Å². The van der Waals surface area contributed by atoms with Gasteiger partial charge in [-0.1, -0.05) is 58.0 Å². The summed E-state index contributed by atoms with van der Waals surface area (Å²) in [6, 6.07) is 9.96. The summed E-state index contributed by atoms with van der Waals surface area (Å²) in [6.07, 6.45) is 1.51. The van der Waals surface area contributed by atoms with Crippen molar-refractivity contribution >= 4 is 58.0 Å². The van der Waals surface area contributed by atoms with Crippen LogP contribution in [-0.2, 0) is 0 Å². The quantitative estimate of drug-likeness (QED) is 0.533. The van der Waals surface area contributed by atoms with Crippen molar-refractivity contribution < 1.29 is 9.47 Å². The van der Waals surface area contributed by atoms with Crippen molar-refractivity contribution in [2.75, 3.05) is 6.61 Å². The third-order valence-corrected chi connectivity index (χ3v) is 3.64. The molecule has 116 valence electrons. The highest BCUT2D eigenvalue weighted by atomic mass is 35.5. The molecule has 0 aliphatic carbocycles. The van der Waals surface area contributed by atoms with Crippen molar-refractivity contribution in [2.45, 2.75) is 0 Å². The van der Waals surface area contributed by atoms with E-state index in [2.05, 4.69) is 0 Å². The number of hydrogen-bond donors (Lipinski definition) is 0. The zero-order chi connectivity index (χ0) is 16.1. The molecule has 2 aromatic carbocycles. The summed E-state index contributed by atoms with van der Waals surface area (Å²) < 4.78 is 11.2. The van der Waals surface area contributed by atoms with Crippen LogP contribution < -0.4 is 9.47 Å². The summed E-state index contributed by atoms with van der Waals surface area (Å²) in [6.45, 7) is 0.214. The van der Waals surface area contributed by atoms with Gasteiger partial charge in [0.05, 0.1) is 10.0 Å². The molecule has 0 atom stereocenters. The number of ether oxygens (including phenoxy) is 2. The van der Waals surface area contributed by atoms with Crippen molar-refractivity contribution in [2.24, 2.45) is 0 Å². The standard InChI is InChI=1S/C15H9Cl5O2/c16-9-1-3-14(11(17)7-9)22-10-2-4-13(12(18)8-10)21-6-5-15(19)20/h1-5,7-8H,6H2. The van der Waals surface area contributed by atoms with Crippen LogP contribution in [0.1, 0.15) is 0 Å². The van der Waals surface area contributed by atoms with Gasteiger partial charge in [-0.2, -0.15) is 0 Å². The number of hydrogen-bond acceptors (Lipinski definition) is 2. The molecule has 7 heteroatoms. The van der Waals surface area contributed by atoms with E-state index < -0.39 is 0 Å². The minimum absolute atomic E-state index is 0.133. The molecule has 0 unspecified atom stereocenters. The van der Waals surface area contributed by atoms with E-state index in [-0.39, 0.29) is 11.1 Å². The van der Waals surface area contributed by atoms with Gasteiger partial charge in [-0.15, -0.1) is 0 Å². The molecule has 2 aromatic rings. The van der Waals surface area contributed by atoms with Crippen LogP contribution in [0.15, 0.2) is 47.0 Å². The number of rotatable bonds is 5. The van der Waals surface area contributed by atoms with Crippen LogP contribution in [-0.4, -0.2) is 6.61 Å². The van der Waals surface area contributed by atoms with E-state index in [1.807, 2.05) is 0 Å². The smallest absolute Gasteiger partial charge is 0.146 e. The van der Waals surface area contributed by atoms with Crippen LogP contribution in [0, 0.1) is 0 Å². The lowest BCUT2D eigenvalue weighted by atomic mass is 10.3. The third kappa shape index (κ3) is 5.15. The van der Waals surface area contributed by atoms with E-state index in [1.54, 1.807) is 36.4 Å².